The van der Waals surface area contributed by atoms with Crippen molar-refractivity contribution in [2.24, 2.45) is 0 Å². The molecule has 2 aromatic carbocycles. The predicted octanol–water partition coefficient (Wildman–Crippen LogP) is 5.31. The van der Waals surface area contributed by atoms with Crippen LogP contribution in [0.2, 0.25) is 5.02 Å². The Labute approximate surface area is 146 Å². The van der Waals surface area contributed by atoms with Crippen molar-refractivity contribution in [1.82, 2.24) is 0 Å². The van der Waals surface area contributed by atoms with E-state index in [1.807, 2.05) is 60.8 Å². The van der Waals surface area contributed by atoms with Crippen LogP contribution in [0, 0.1) is 6.92 Å². The topological polar surface area (TPSA) is 43.4 Å². The fourth-order valence-corrected chi connectivity index (χ4v) is 4.01. The molecule has 0 radical (unpaired) electrons. The first kappa shape index (κ1) is 16.2. The standard InChI is InChI=1S/C17H14ClNO2S2/c1-12-4-2-3-5-16(12)19(23(20)21)15-10-17(22-11-15)13-6-8-14(18)9-7-13/h2-11H,1H3,(H,20,21)/p-1. The van der Waals surface area contributed by atoms with Gasteiger partial charge in [-0.1, -0.05) is 41.9 Å². The number of nitrogens with zero attached hydrogens (tertiary/aromatic N) is 1. The van der Waals surface area contributed by atoms with E-state index in [-0.39, 0.29) is 0 Å². The third kappa shape index (κ3) is 3.48. The van der Waals surface area contributed by atoms with E-state index in [4.69, 9.17) is 11.6 Å². The first-order valence-electron chi connectivity index (χ1n) is 6.86. The largest absolute Gasteiger partial charge is 0.755 e. The highest BCUT2D eigenvalue weighted by molar-refractivity contribution is 7.81. The first-order valence-corrected chi connectivity index (χ1v) is 9.15. The van der Waals surface area contributed by atoms with Crippen molar-refractivity contribution in [3.05, 3.63) is 70.6 Å². The maximum Gasteiger partial charge on any atom is 0.0651 e. The average molecular weight is 363 g/mol. The Kier molecular flexibility index (Phi) is 4.82. The lowest BCUT2D eigenvalue weighted by atomic mass is 10.2. The van der Waals surface area contributed by atoms with Crippen LogP contribution < -0.4 is 4.31 Å². The van der Waals surface area contributed by atoms with Gasteiger partial charge in [-0.2, -0.15) is 0 Å². The van der Waals surface area contributed by atoms with Crippen LogP contribution in [0.1, 0.15) is 5.56 Å². The maximum atomic E-state index is 11.8. The third-order valence-electron chi connectivity index (χ3n) is 3.43. The van der Waals surface area contributed by atoms with E-state index >= 15 is 0 Å². The van der Waals surface area contributed by atoms with Gasteiger partial charge in [0.2, 0.25) is 0 Å². The molecule has 1 heterocycles. The van der Waals surface area contributed by atoms with E-state index in [0.29, 0.717) is 16.4 Å². The maximum absolute atomic E-state index is 11.8. The minimum Gasteiger partial charge on any atom is -0.755 e. The lowest BCUT2D eigenvalue weighted by molar-refractivity contribution is 0.537. The summed E-state index contributed by atoms with van der Waals surface area (Å²) in [5.74, 6) is 0. The molecule has 6 heteroatoms. The van der Waals surface area contributed by atoms with Gasteiger partial charge >= 0.3 is 0 Å². The summed E-state index contributed by atoms with van der Waals surface area (Å²) in [4.78, 5) is 0.987. The van der Waals surface area contributed by atoms with Crippen LogP contribution in [-0.4, -0.2) is 8.76 Å². The Morgan fingerprint density at radius 1 is 1.13 bits per heavy atom. The van der Waals surface area contributed by atoms with Crippen LogP contribution in [0.25, 0.3) is 10.4 Å². The number of aryl methyl sites for hydroxylation is 1. The van der Waals surface area contributed by atoms with Gasteiger partial charge in [-0.3, -0.25) is 8.51 Å². The first-order chi connectivity index (χ1) is 11.1. The summed E-state index contributed by atoms with van der Waals surface area (Å²) in [7, 11) is 0. The molecule has 0 aliphatic carbocycles. The summed E-state index contributed by atoms with van der Waals surface area (Å²) < 4.78 is 24.8. The van der Waals surface area contributed by atoms with Crippen molar-refractivity contribution < 1.29 is 8.76 Å². The highest BCUT2D eigenvalue weighted by atomic mass is 35.5. The second-order valence-corrected chi connectivity index (χ2v) is 7.12. The van der Waals surface area contributed by atoms with Crippen molar-refractivity contribution in [2.45, 2.75) is 6.92 Å². The second kappa shape index (κ2) is 6.84. The molecule has 0 aliphatic rings. The lowest BCUT2D eigenvalue weighted by Crippen LogP contribution is -2.19. The number of hydrogen-bond acceptors (Lipinski definition) is 3. The van der Waals surface area contributed by atoms with Crippen molar-refractivity contribution >= 4 is 45.6 Å². The zero-order valence-corrected chi connectivity index (χ0v) is 14.6. The molecule has 0 fully saturated rings. The van der Waals surface area contributed by atoms with E-state index in [0.717, 1.165) is 16.0 Å². The highest BCUT2D eigenvalue weighted by Crippen LogP contribution is 2.37. The molecule has 0 bridgehead atoms. The van der Waals surface area contributed by atoms with Gasteiger partial charge in [0.05, 0.1) is 22.6 Å². The summed E-state index contributed by atoms with van der Waals surface area (Å²) in [5.41, 5.74) is 3.19. The molecule has 0 aliphatic heterocycles. The lowest BCUT2D eigenvalue weighted by Gasteiger charge is -2.26. The smallest absolute Gasteiger partial charge is 0.0651 e. The summed E-state index contributed by atoms with van der Waals surface area (Å²) >= 11 is 5.01. The van der Waals surface area contributed by atoms with E-state index in [1.165, 1.54) is 15.6 Å². The fraction of sp³-hybridized carbons (Fsp3) is 0.0588. The summed E-state index contributed by atoms with van der Waals surface area (Å²) in [6.07, 6.45) is 0. The van der Waals surface area contributed by atoms with Gasteiger partial charge in [-0.15, -0.1) is 11.3 Å². The minimum absolute atomic E-state index is 0.627. The Morgan fingerprint density at radius 2 is 1.83 bits per heavy atom. The number of anilines is 2. The molecule has 0 saturated carbocycles. The second-order valence-electron chi connectivity index (χ2n) is 4.97. The van der Waals surface area contributed by atoms with Gasteiger partial charge in [-0.25, -0.2) is 0 Å². The molecule has 1 atom stereocenters. The van der Waals surface area contributed by atoms with Crippen molar-refractivity contribution in [3.8, 4) is 10.4 Å². The molecule has 0 spiro atoms. The predicted molar refractivity (Wildman–Crippen MR) is 97.0 cm³/mol. The number of thiophene rings is 1. The molecular formula is C17H13ClNO2S2-. The molecule has 118 valence electrons. The summed E-state index contributed by atoms with van der Waals surface area (Å²) in [6, 6.07) is 16.8. The Hall–Kier alpha value is -1.66. The number of para-hydroxylation sites is 1. The van der Waals surface area contributed by atoms with Gasteiger partial charge in [-0.05, 0) is 42.3 Å². The fourth-order valence-electron chi connectivity index (χ4n) is 2.29. The number of halogens is 1. The van der Waals surface area contributed by atoms with Crippen LogP contribution in [-0.2, 0) is 11.3 Å². The van der Waals surface area contributed by atoms with Crippen LogP contribution in [0.5, 0.6) is 0 Å². The van der Waals surface area contributed by atoms with Crippen molar-refractivity contribution in [3.63, 3.8) is 0 Å². The van der Waals surface area contributed by atoms with Crippen LogP contribution in [0.3, 0.4) is 0 Å². The van der Waals surface area contributed by atoms with Gasteiger partial charge < -0.3 is 4.55 Å². The van der Waals surface area contributed by atoms with Gasteiger partial charge in [0.15, 0.2) is 0 Å². The highest BCUT2D eigenvalue weighted by Gasteiger charge is 2.15. The van der Waals surface area contributed by atoms with E-state index in [1.54, 1.807) is 6.07 Å². The Bertz CT molecular complexity index is 846. The summed E-state index contributed by atoms with van der Waals surface area (Å²) in [6.45, 7) is 1.89. The third-order valence-corrected chi connectivity index (χ3v) is 5.36. The molecule has 23 heavy (non-hydrogen) atoms. The van der Waals surface area contributed by atoms with Gasteiger partial charge in [0, 0.05) is 15.3 Å². The van der Waals surface area contributed by atoms with E-state index in [2.05, 4.69) is 0 Å². The normalized spacial score (nSPS) is 12.1. The number of rotatable bonds is 4. The number of hydrogen-bond donors (Lipinski definition) is 0. The zero-order chi connectivity index (χ0) is 16.4. The zero-order valence-electron chi connectivity index (χ0n) is 12.2. The van der Waals surface area contributed by atoms with Gasteiger partial charge in [0.25, 0.3) is 0 Å². The van der Waals surface area contributed by atoms with Crippen molar-refractivity contribution in [1.29, 1.82) is 0 Å². The molecular weight excluding hydrogens is 350 g/mol. The average Bonchev–Trinajstić information content (AvgIpc) is 2.99. The number of benzene rings is 2. The minimum atomic E-state index is -2.39. The van der Waals surface area contributed by atoms with Gasteiger partial charge in [0.1, 0.15) is 0 Å². The molecule has 3 aromatic rings. The quantitative estimate of drug-likeness (QED) is 0.590. The van der Waals surface area contributed by atoms with E-state index in [9.17, 15) is 8.76 Å². The monoisotopic (exact) mass is 362 g/mol. The molecule has 1 aromatic heterocycles. The molecule has 0 amide bonds. The molecule has 1 unspecified atom stereocenters. The van der Waals surface area contributed by atoms with Crippen molar-refractivity contribution in [2.75, 3.05) is 4.31 Å². The molecule has 0 N–H and O–H groups in total. The Morgan fingerprint density at radius 3 is 2.48 bits per heavy atom. The Balaban J connectivity index is 2.01. The molecule has 3 nitrogen and oxygen atoms in total. The summed E-state index contributed by atoms with van der Waals surface area (Å²) in [5, 5.41) is 2.51. The van der Waals surface area contributed by atoms with E-state index < -0.39 is 11.3 Å². The SMILES string of the molecule is Cc1ccccc1N(c1csc(-c2ccc(Cl)cc2)c1)S(=O)[O-]. The molecule has 3 rings (SSSR count). The van der Waals surface area contributed by atoms with Crippen LogP contribution >= 0.6 is 22.9 Å². The van der Waals surface area contributed by atoms with Crippen LogP contribution in [0.15, 0.2) is 60.0 Å². The van der Waals surface area contributed by atoms with Crippen LogP contribution in [0.4, 0.5) is 11.4 Å². The molecule has 0 saturated heterocycles.